The Balaban J connectivity index is 2.05. The van der Waals surface area contributed by atoms with Crippen LogP contribution in [0.25, 0.3) is 22.4 Å². The summed E-state index contributed by atoms with van der Waals surface area (Å²) in [7, 11) is 3.23. The maximum Gasteiger partial charge on any atom is 0.163 e. The molecule has 0 aliphatic heterocycles. The average molecular weight is 377 g/mol. The molecule has 0 amide bonds. The van der Waals surface area contributed by atoms with Crippen LogP contribution < -0.4 is 14.2 Å². The maximum atomic E-state index is 5.54. The molecule has 23 heavy (non-hydrogen) atoms. The first kappa shape index (κ1) is 15.7. The van der Waals surface area contributed by atoms with Crippen LogP contribution in [0.4, 0.5) is 0 Å². The topological polar surface area (TPSA) is 56.4 Å². The normalized spacial score (nSPS) is 10.8. The molecule has 0 radical (unpaired) electrons. The molecule has 0 aliphatic carbocycles. The Morgan fingerprint density at radius 2 is 1.78 bits per heavy atom. The molecule has 1 N–H and O–H groups in total. The smallest absolute Gasteiger partial charge is 0.163 e. The van der Waals surface area contributed by atoms with Crippen molar-refractivity contribution in [2.45, 2.75) is 6.92 Å². The van der Waals surface area contributed by atoms with E-state index in [1.807, 2.05) is 37.3 Å². The largest absolute Gasteiger partial charge is 0.493 e. The van der Waals surface area contributed by atoms with Gasteiger partial charge in [-0.3, -0.25) is 0 Å². The van der Waals surface area contributed by atoms with Gasteiger partial charge in [-0.2, -0.15) is 0 Å². The molecule has 0 fully saturated rings. The summed E-state index contributed by atoms with van der Waals surface area (Å²) < 4.78 is 17.1. The lowest BCUT2D eigenvalue weighted by molar-refractivity contribution is 0.338. The van der Waals surface area contributed by atoms with E-state index in [4.69, 9.17) is 14.2 Å². The fourth-order valence-electron chi connectivity index (χ4n) is 2.39. The van der Waals surface area contributed by atoms with E-state index in [0.29, 0.717) is 18.1 Å². The average Bonchev–Trinajstić information content (AvgIpc) is 2.98. The van der Waals surface area contributed by atoms with E-state index in [1.54, 1.807) is 14.2 Å². The standard InChI is InChI=1S/C17H17BrN2O3/c1-4-23-14-6-5-10(7-11(14)18)17-19-12-8-15(21-2)16(22-3)9-13(12)20-17/h5-9H,4H2,1-3H3,(H,19,20). The molecule has 1 heterocycles. The van der Waals surface area contributed by atoms with Crippen molar-refractivity contribution >= 4 is 27.0 Å². The Labute approximate surface area is 142 Å². The van der Waals surface area contributed by atoms with E-state index in [0.717, 1.165) is 32.6 Å². The molecule has 3 aromatic rings. The van der Waals surface area contributed by atoms with Gasteiger partial charge in [-0.1, -0.05) is 0 Å². The van der Waals surface area contributed by atoms with Crippen molar-refractivity contribution in [1.29, 1.82) is 0 Å². The van der Waals surface area contributed by atoms with Gasteiger partial charge in [0.25, 0.3) is 0 Å². The number of aromatic amines is 1. The fourth-order valence-corrected chi connectivity index (χ4v) is 2.89. The van der Waals surface area contributed by atoms with Crippen LogP contribution in [0.15, 0.2) is 34.8 Å². The summed E-state index contributed by atoms with van der Waals surface area (Å²) in [4.78, 5) is 7.94. The van der Waals surface area contributed by atoms with Crippen LogP contribution in [0.2, 0.25) is 0 Å². The number of aromatic nitrogens is 2. The second kappa shape index (κ2) is 6.50. The van der Waals surface area contributed by atoms with Gasteiger partial charge in [0.2, 0.25) is 0 Å². The first-order valence-corrected chi connectivity index (χ1v) is 8.00. The third kappa shape index (κ3) is 2.99. The number of ether oxygens (including phenoxy) is 3. The number of halogens is 1. The molecule has 0 saturated heterocycles. The van der Waals surface area contributed by atoms with E-state index >= 15 is 0 Å². The van der Waals surface area contributed by atoms with Crippen molar-refractivity contribution in [1.82, 2.24) is 9.97 Å². The van der Waals surface area contributed by atoms with Gasteiger partial charge in [0, 0.05) is 17.7 Å². The highest BCUT2D eigenvalue weighted by Crippen LogP contribution is 2.34. The van der Waals surface area contributed by atoms with Gasteiger partial charge in [-0.15, -0.1) is 0 Å². The Morgan fingerprint density at radius 1 is 1.04 bits per heavy atom. The van der Waals surface area contributed by atoms with Gasteiger partial charge in [0.1, 0.15) is 11.6 Å². The van der Waals surface area contributed by atoms with Crippen molar-refractivity contribution < 1.29 is 14.2 Å². The van der Waals surface area contributed by atoms with Crippen LogP contribution in [0.3, 0.4) is 0 Å². The second-order valence-electron chi connectivity index (χ2n) is 4.89. The maximum absolute atomic E-state index is 5.54. The SMILES string of the molecule is CCOc1ccc(-c2nc3cc(OC)c(OC)cc3[nH]2)cc1Br. The minimum Gasteiger partial charge on any atom is -0.493 e. The molecule has 0 saturated carbocycles. The lowest BCUT2D eigenvalue weighted by Crippen LogP contribution is -1.92. The molecular formula is C17H17BrN2O3. The van der Waals surface area contributed by atoms with E-state index in [2.05, 4.69) is 25.9 Å². The molecule has 5 nitrogen and oxygen atoms in total. The number of hydrogen-bond donors (Lipinski definition) is 1. The highest BCUT2D eigenvalue weighted by atomic mass is 79.9. The molecule has 6 heteroatoms. The predicted molar refractivity (Wildman–Crippen MR) is 93.5 cm³/mol. The number of hydrogen-bond acceptors (Lipinski definition) is 4. The first-order chi connectivity index (χ1) is 11.2. The van der Waals surface area contributed by atoms with Gasteiger partial charge in [0.15, 0.2) is 11.5 Å². The minimum atomic E-state index is 0.627. The van der Waals surface area contributed by atoms with Crippen LogP contribution in [-0.4, -0.2) is 30.8 Å². The van der Waals surface area contributed by atoms with Gasteiger partial charge < -0.3 is 19.2 Å². The van der Waals surface area contributed by atoms with Crippen molar-refractivity contribution in [2.24, 2.45) is 0 Å². The van der Waals surface area contributed by atoms with Gasteiger partial charge in [0.05, 0.1) is 36.3 Å². The highest BCUT2D eigenvalue weighted by molar-refractivity contribution is 9.10. The van der Waals surface area contributed by atoms with Crippen LogP contribution in [0.5, 0.6) is 17.2 Å². The zero-order valence-corrected chi connectivity index (χ0v) is 14.7. The molecule has 0 spiro atoms. The third-order valence-electron chi connectivity index (χ3n) is 3.49. The highest BCUT2D eigenvalue weighted by Gasteiger charge is 2.12. The molecule has 0 atom stereocenters. The van der Waals surface area contributed by atoms with Crippen LogP contribution in [0.1, 0.15) is 6.92 Å². The number of imidazole rings is 1. The molecule has 0 bridgehead atoms. The van der Waals surface area contributed by atoms with Crippen LogP contribution in [-0.2, 0) is 0 Å². The summed E-state index contributed by atoms with van der Waals surface area (Å²) >= 11 is 3.53. The number of nitrogens with zero attached hydrogens (tertiary/aromatic N) is 1. The zero-order chi connectivity index (χ0) is 16.4. The van der Waals surface area contributed by atoms with Crippen molar-refractivity contribution in [2.75, 3.05) is 20.8 Å². The fraction of sp³-hybridized carbons (Fsp3) is 0.235. The monoisotopic (exact) mass is 376 g/mol. The number of rotatable bonds is 5. The van der Waals surface area contributed by atoms with Crippen molar-refractivity contribution in [3.63, 3.8) is 0 Å². The predicted octanol–water partition coefficient (Wildman–Crippen LogP) is 4.41. The lowest BCUT2D eigenvalue weighted by atomic mass is 10.2. The van der Waals surface area contributed by atoms with E-state index < -0.39 is 0 Å². The van der Waals surface area contributed by atoms with Crippen LogP contribution >= 0.6 is 15.9 Å². The number of fused-ring (bicyclic) bond motifs is 1. The van der Waals surface area contributed by atoms with Crippen molar-refractivity contribution in [3.8, 4) is 28.6 Å². The van der Waals surface area contributed by atoms with Crippen LogP contribution in [0, 0.1) is 0 Å². The third-order valence-corrected chi connectivity index (χ3v) is 4.11. The lowest BCUT2D eigenvalue weighted by Gasteiger charge is -2.06. The van der Waals surface area contributed by atoms with Gasteiger partial charge >= 0.3 is 0 Å². The molecule has 120 valence electrons. The summed E-state index contributed by atoms with van der Waals surface area (Å²) in [6, 6.07) is 9.63. The van der Waals surface area contributed by atoms with Gasteiger partial charge in [-0.25, -0.2) is 4.98 Å². The Bertz CT molecular complexity index is 804. The number of methoxy groups -OCH3 is 2. The summed E-state index contributed by atoms with van der Waals surface area (Å²) in [6.07, 6.45) is 0. The number of H-pyrrole nitrogens is 1. The molecular weight excluding hydrogens is 360 g/mol. The Kier molecular flexibility index (Phi) is 4.43. The summed E-state index contributed by atoms with van der Waals surface area (Å²) in [5.41, 5.74) is 2.68. The Morgan fingerprint density at radius 3 is 2.43 bits per heavy atom. The first-order valence-electron chi connectivity index (χ1n) is 7.20. The Hall–Kier alpha value is -2.21. The summed E-state index contributed by atoms with van der Waals surface area (Å²) in [6.45, 7) is 2.59. The van der Waals surface area contributed by atoms with E-state index in [-0.39, 0.29) is 0 Å². The summed E-state index contributed by atoms with van der Waals surface area (Å²) in [5, 5.41) is 0. The quantitative estimate of drug-likeness (QED) is 0.716. The summed E-state index contributed by atoms with van der Waals surface area (Å²) in [5.74, 6) is 2.92. The van der Waals surface area contributed by atoms with Crippen molar-refractivity contribution in [3.05, 3.63) is 34.8 Å². The number of benzene rings is 2. The van der Waals surface area contributed by atoms with E-state index in [9.17, 15) is 0 Å². The van der Waals surface area contributed by atoms with Gasteiger partial charge in [-0.05, 0) is 41.1 Å². The molecule has 0 unspecified atom stereocenters. The minimum absolute atomic E-state index is 0.627. The molecule has 0 aliphatic rings. The zero-order valence-electron chi connectivity index (χ0n) is 13.1. The molecule has 3 rings (SSSR count). The number of nitrogens with one attached hydrogen (secondary N) is 1. The van der Waals surface area contributed by atoms with E-state index in [1.165, 1.54) is 0 Å². The molecule has 1 aromatic heterocycles. The second-order valence-corrected chi connectivity index (χ2v) is 5.74. The molecule has 2 aromatic carbocycles.